The summed E-state index contributed by atoms with van der Waals surface area (Å²) >= 11 is 6.05. The zero-order valence-electron chi connectivity index (χ0n) is 10.3. The van der Waals surface area contributed by atoms with Crippen LogP contribution in [-0.2, 0) is 6.42 Å². The smallest absolute Gasteiger partial charge is 0.123 e. The lowest BCUT2D eigenvalue weighted by molar-refractivity contribution is 0.279. The first-order valence-electron chi connectivity index (χ1n) is 5.46. The minimum absolute atomic E-state index is 0.115. The maximum Gasteiger partial charge on any atom is 0.123 e. The molecule has 0 spiro atoms. The molecule has 0 aliphatic heterocycles. The van der Waals surface area contributed by atoms with Crippen molar-refractivity contribution in [2.45, 2.75) is 33.2 Å². The normalized spacial score (nSPS) is 13.9. The van der Waals surface area contributed by atoms with Crippen molar-refractivity contribution in [2.24, 2.45) is 5.41 Å². The molecule has 0 saturated carbocycles. The van der Waals surface area contributed by atoms with E-state index in [1.807, 2.05) is 7.05 Å². The molecule has 0 fully saturated rings. The van der Waals surface area contributed by atoms with Crippen molar-refractivity contribution in [1.29, 1.82) is 0 Å². The Morgan fingerprint density at radius 1 is 1.38 bits per heavy atom. The van der Waals surface area contributed by atoms with Crippen LogP contribution in [0.3, 0.4) is 0 Å². The molecule has 1 atom stereocenters. The third kappa shape index (κ3) is 3.46. The van der Waals surface area contributed by atoms with E-state index in [0.29, 0.717) is 5.02 Å². The molecule has 0 aliphatic carbocycles. The lowest BCUT2D eigenvalue weighted by atomic mass is 9.83. The highest BCUT2D eigenvalue weighted by molar-refractivity contribution is 6.31. The summed E-state index contributed by atoms with van der Waals surface area (Å²) in [6.45, 7) is 6.46. The molecule has 0 heterocycles. The van der Waals surface area contributed by atoms with E-state index in [1.165, 1.54) is 12.1 Å². The number of rotatable bonds is 3. The summed E-state index contributed by atoms with van der Waals surface area (Å²) in [6.07, 6.45) is 0.733. The van der Waals surface area contributed by atoms with Crippen LogP contribution in [0, 0.1) is 11.2 Å². The molecule has 0 saturated heterocycles. The van der Waals surface area contributed by atoms with Crippen LogP contribution in [0.25, 0.3) is 0 Å². The lowest BCUT2D eigenvalue weighted by Crippen LogP contribution is -2.39. The van der Waals surface area contributed by atoms with Gasteiger partial charge in [-0.05, 0) is 42.6 Å². The summed E-state index contributed by atoms with van der Waals surface area (Å²) in [5.41, 5.74) is 0.973. The van der Waals surface area contributed by atoms with Crippen LogP contribution in [0.1, 0.15) is 26.3 Å². The van der Waals surface area contributed by atoms with Gasteiger partial charge in [0.2, 0.25) is 0 Å². The molecule has 16 heavy (non-hydrogen) atoms. The van der Waals surface area contributed by atoms with E-state index in [1.54, 1.807) is 6.07 Å². The molecular formula is C13H19ClFN. The number of hydrogen-bond donors (Lipinski definition) is 1. The Hall–Kier alpha value is -0.600. The van der Waals surface area contributed by atoms with Gasteiger partial charge in [-0.1, -0.05) is 32.4 Å². The minimum Gasteiger partial charge on any atom is -0.316 e. The molecule has 3 heteroatoms. The number of nitrogens with one attached hydrogen (secondary N) is 1. The summed E-state index contributed by atoms with van der Waals surface area (Å²) in [5, 5.41) is 3.89. The largest absolute Gasteiger partial charge is 0.316 e. The van der Waals surface area contributed by atoms with E-state index < -0.39 is 0 Å². The van der Waals surface area contributed by atoms with Gasteiger partial charge in [0, 0.05) is 11.1 Å². The number of benzene rings is 1. The van der Waals surface area contributed by atoms with E-state index >= 15 is 0 Å². The Labute approximate surface area is 102 Å². The van der Waals surface area contributed by atoms with Gasteiger partial charge in [0.05, 0.1) is 0 Å². The maximum atomic E-state index is 13.1. The SMILES string of the molecule is CNC(Cc1cc(F)ccc1Cl)C(C)(C)C. The van der Waals surface area contributed by atoms with Crippen LogP contribution in [-0.4, -0.2) is 13.1 Å². The first-order valence-corrected chi connectivity index (χ1v) is 5.83. The molecule has 0 radical (unpaired) electrons. The highest BCUT2D eigenvalue weighted by atomic mass is 35.5. The molecule has 0 bridgehead atoms. The molecule has 1 aromatic carbocycles. The summed E-state index contributed by atoms with van der Waals surface area (Å²) in [6, 6.07) is 4.78. The van der Waals surface area contributed by atoms with Crippen molar-refractivity contribution >= 4 is 11.6 Å². The van der Waals surface area contributed by atoms with Crippen LogP contribution >= 0.6 is 11.6 Å². The standard InChI is InChI=1S/C13H19ClFN/c1-13(2,3)12(16-4)8-9-7-10(15)5-6-11(9)14/h5-7,12,16H,8H2,1-4H3. The molecule has 1 unspecified atom stereocenters. The van der Waals surface area contributed by atoms with E-state index in [9.17, 15) is 4.39 Å². The first kappa shape index (κ1) is 13.5. The van der Waals surface area contributed by atoms with E-state index in [0.717, 1.165) is 12.0 Å². The number of likely N-dealkylation sites (N-methyl/N-ethyl adjacent to an activating group) is 1. The van der Waals surface area contributed by atoms with Crippen molar-refractivity contribution in [3.05, 3.63) is 34.6 Å². The fraction of sp³-hybridized carbons (Fsp3) is 0.538. The van der Waals surface area contributed by atoms with Crippen LogP contribution < -0.4 is 5.32 Å². The second-order valence-electron chi connectivity index (χ2n) is 5.15. The molecule has 0 aromatic heterocycles. The van der Waals surface area contributed by atoms with Crippen molar-refractivity contribution < 1.29 is 4.39 Å². The Balaban J connectivity index is 2.90. The Kier molecular flexibility index (Phi) is 4.34. The third-order valence-electron chi connectivity index (χ3n) is 2.83. The van der Waals surface area contributed by atoms with Gasteiger partial charge < -0.3 is 5.32 Å². The maximum absolute atomic E-state index is 13.1. The zero-order chi connectivity index (χ0) is 12.3. The lowest BCUT2D eigenvalue weighted by Gasteiger charge is -2.30. The summed E-state index contributed by atoms with van der Waals surface area (Å²) in [5.74, 6) is -0.233. The molecule has 1 rings (SSSR count). The fourth-order valence-corrected chi connectivity index (χ4v) is 1.96. The monoisotopic (exact) mass is 243 g/mol. The number of halogens is 2. The molecule has 1 aromatic rings. The average molecular weight is 244 g/mol. The topological polar surface area (TPSA) is 12.0 Å². The summed E-state index contributed by atoms with van der Waals surface area (Å²) in [4.78, 5) is 0. The van der Waals surface area contributed by atoms with Crippen LogP contribution in [0.4, 0.5) is 4.39 Å². The molecule has 0 amide bonds. The fourth-order valence-electron chi connectivity index (χ4n) is 1.76. The second-order valence-corrected chi connectivity index (χ2v) is 5.55. The quantitative estimate of drug-likeness (QED) is 0.855. The van der Waals surface area contributed by atoms with Crippen LogP contribution in [0.5, 0.6) is 0 Å². The summed E-state index contributed by atoms with van der Waals surface area (Å²) in [7, 11) is 1.92. The first-order chi connectivity index (χ1) is 7.34. The van der Waals surface area contributed by atoms with Gasteiger partial charge in [-0.15, -0.1) is 0 Å². The van der Waals surface area contributed by atoms with Crippen molar-refractivity contribution in [3.8, 4) is 0 Å². The van der Waals surface area contributed by atoms with E-state index in [2.05, 4.69) is 26.1 Å². The van der Waals surface area contributed by atoms with Gasteiger partial charge in [0.25, 0.3) is 0 Å². The Bertz CT molecular complexity index is 357. The average Bonchev–Trinajstić information content (AvgIpc) is 2.17. The van der Waals surface area contributed by atoms with E-state index in [4.69, 9.17) is 11.6 Å². The predicted molar refractivity (Wildman–Crippen MR) is 67.4 cm³/mol. The highest BCUT2D eigenvalue weighted by Crippen LogP contribution is 2.26. The molecule has 1 N–H and O–H groups in total. The molecule has 90 valence electrons. The van der Waals surface area contributed by atoms with Crippen molar-refractivity contribution in [2.75, 3.05) is 7.05 Å². The van der Waals surface area contributed by atoms with Gasteiger partial charge in [0.1, 0.15) is 5.82 Å². The third-order valence-corrected chi connectivity index (χ3v) is 3.19. The van der Waals surface area contributed by atoms with Gasteiger partial charge >= 0.3 is 0 Å². The van der Waals surface area contributed by atoms with Crippen molar-refractivity contribution in [1.82, 2.24) is 5.32 Å². The highest BCUT2D eigenvalue weighted by Gasteiger charge is 2.23. The van der Waals surface area contributed by atoms with Gasteiger partial charge in [-0.25, -0.2) is 4.39 Å². The molecule has 0 aliphatic rings. The van der Waals surface area contributed by atoms with Gasteiger partial charge in [0.15, 0.2) is 0 Å². The Morgan fingerprint density at radius 3 is 2.50 bits per heavy atom. The minimum atomic E-state index is -0.233. The van der Waals surface area contributed by atoms with Crippen LogP contribution in [0.15, 0.2) is 18.2 Å². The predicted octanol–water partition coefficient (Wildman–Crippen LogP) is 3.66. The zero-order valence-corrected chi connectivity index (χ0v) is 11.0. The van der Waals surface area contributed by atoms with Gasteiger partial charge in [-0.3, -0.25) is 0 Å². The van der Waals surface area contributed by atoms with Crippen molar-refractivity contribution in [3.63, 3.8) is 0 Å². The molecular weight excluding hydrogens is 225 g/mol. The van der Waals surface area contributed by atoms with Crippen LogP contribution in [0.2, 0.25) is 5.02 Å². The summed E-state index contributed by atoms with van der Waals surface area (Å²) < 4.78 is 13.1. The Morgan fingerprint density at radius 2 is 2.00 bits per heavy atom. The number of hydrogen-bond acceptors (Lipinski definition) is 1. The van der Waals surface area contributed by atoms with E-state index in [-0.39, 0.29) is 17.3 Å². The second kappa shape index (κ2) is 5.15. The molecule has 1 nitrogen and oxygen atoms in total. The van der Waals surface area contributed by atoms with Gasteiger partial charge in [-0.2, -0.15) is 0 Å².